The van der Waals surface area contributed by atoms with Gasteiger partial charge in [-0.3, -0.25) is 4.79 Å². The van der Waals surface area contributed by atoms with Gasteiger partial charge in [-0.2, -0.15) is 16.9 Å². The lowest BCUT2D eigenvalue weighted by molar-refractivity contribution is 0.102. The van der Waals surface area contributed by atoms with Gasteiger partial charge in [0.1, 0.15) is 5.69 Å². The molecule has 4 heterocycles. The van der Waals surface area contributed by atoms with Crippen molar-refractivity contribution in [1.29, 1.82) is 0 Å². The van der Waals surface area contributed by atoms with Crippen LogP contribution in [0.5, 0.6) is 0 Å². The molecule has 0 aromatic carbocycles. The highest BCUT2D eigenvalue weighted by atomic mass is 32.2. The number of nitrogens with zero attached hydrogens (tertiary/aromatic N) is 5. The Morgan fingerprint density at radius 2 is 2.16 bits per heavy atom. The Morgan fingerprint density at radius 3 is 2.88 bits per heavy atom. The fraction of sp³-hybridized carbons (Fsp3) is 0.565. The highest BCUT2D eigenvalue weighted by molar-refractivity contribution is 7.98. The second kappa shape index (κ2) is 10.8. The maximum absolute atomic E-state index is 13.0. The molecule has 2 aromatic heterocycles. The van der Waals surface area contributed by atoms with Gasteiger partial charge in [0.05, 0.1) is 16.7 Å². The number of aromatic nitrogens is 2. The van der Waals surface area contributed by atoms with E-state index in [9.17, 15) is 4.79 Å². The van der Waals surface area contributed by atoms with E-state index in [0.717, 1.165) is 43.1 Å². The van der Waals surface area contributed by atoms with E-state index >= 15 is 0 Å². The molecule has 1 unspecified atom stereocenters. The van der Waals surface area contributed by atoms with Gasteiger partial charge < -0.3 is 10.2 Å². The molecule has 0 radical (unpaired) electrons. The molecule has 1 atom stereocenters. The minimum absolute atomic E-state index is 0.191. The average Bonchev–Trinajstić information content (AvgIpc) is 3.41. The van der Waals surface area contributed by atoms with E-state index in [2.05, 4.69) is 33.5 Å². The van der Waals surface area contributed by atoms with Crippen LogP contribution in [0.2, 0.25) is 0 Å². The van der Waals surface area contributed by atoms with Gasteiger partial charge in [-0.1, -0.05) is 0 Å². The van der Waals surface area contributed by atoms with Crippen molar-refractivity contribution in [3.63, 3.8) is 0 Å². The molecule has 2 aliphatic heterocycles. The Bertz CT molecular complexity index is 953. The van der Waals surface area contributed by atoms with E-state index in [1.54, 1.807) is 17.5 Å². The Balaban J connectivity index is 1.37. The van der Waals surface area contributed by atoms with Gasteiger partial charge >= 0.3 is 0 Å². The van der Waals surface area contributed by atoms with Crippen molar-refractivity contribution in [1.82, 2.24) is 14.9 Å². The Labute approximate surface area is 198 Å². The molecule has 172 valence electrons. The molecule has 7 nitrogen and oxygen atoms in total. The molecule has 0 aliphatic carbocycles. The van der Waals surface area contributed by atoms with E-state index in [4.69, 9.17) is 4.98 Å². The van der Waals surface area contributed by atoms with Crippen LogP contribution in [0, 0.1) is 0 Å². The molecule has 2 aliphatic rings. The molecule has 0 spiro atoms. The zero-order valence-corrected chi connectivity index (χ0v) is 20.7. The largest absolute Gasteiger partial charge is 0.317 e. The van der Waals surface area contributed by atoms with Crippen molar-refractivity contribution in [3.05, 3.63) is 34.4 Å². The van der Waals surface area contributed by atoms with Crippen LogP contribution in [0.1, 0.15) is 60.9 Å². The number of hydrogen-bond donors (Lipinski definition) is 1. The summed E-state index contributed by atoms with van der Waals surface area (Å²) in [4.78, 5) is 24.7. The summed E-state index contributed by atoms with van der Waals surface area (Å²) in [5.41, 5.74) is 2.21. The Morgan fingerprint density at radius 1 is 1.34 bits per heavy atom. The monoisotopic (exact) mass is 472 g/mol. The fourth-order valence-corrected chi connectivity index (χ4v) is 5.76. The van der Waals surface area contributed by atoms with Gasteiger partial charge in [0.15, 0.2) is 5.82 Å². The van der Waals surface area contributed by atoms with Crippen LogP contribution in [0.25, 0.3) is 0 Å². The maximum Gasteiger partial charge on any atom is 0.275 e. The van der Waals surface area contributed by atoms with Gasteiger partial charge in [-0.15, -0.1) is 11.3 Å². The Kier molecular flexibility index (Phi) is 7.80. The van der Waals surface area contributed by atoms with Crippen LogP contribution >= 0.6 is 23.1 Å². The van der Waals surface area contributed by atoms with Crippen molar-refractivity contribution in [2.24, 2.45) is 5.10 Å². The van der Waals surface area contributed by atoms with Crippen LogP contribution in [0.3, 0.4) is 0 Å². The van der Waals surface area contributed by atoms with Crippen molar-refractivity contribution in [3.8, 4) is 0 Å². The van der Waals surface area contributed by atoms with Crippen LogP contribution in [0.15, 0.2) is 28.8 Å². The van der Waals surface area contributed by atoms with Crippen LogP contribution < -0.4 is 10.3 Å². The Hall–Kier alpha value is -1.97. The summed E-state index contributed by atoms with van der Waals surface area (Å²) >= 11 is 3.52. The molecule has 9 heteroatoms. The van der Waals surface area contributed by atoms with E-state index in [1.165, 1.54) is 18.7 Å². The summed E-state index contributed by atoms with van der Waals surface area (Å²) in [5.74, 6) is 2.17. The summed E-state index contributed by atoms with van der Waals surface area (Å²) in [7, 11) is 0. The molecular formula is C23H32N6OS2. The first-order chi connectivity index (χ1) is 15.5. The first kappa shape index (κ1) is 23.2. The SMILES string of the molecule is CSCCCN1CCC(c2nc(C(=O)Nc3cccnc3N3N=C(C)CC3C)cs2)CC1. The van der Waals surface area contributed by atoms with Crippen molar-refractivity contribution in [2.75, 3.05) is 42.0 Å². The number of nitrogens with one attached hydrogen (secondary N) is 1. The smallest absolute Gasteiger partial charge is 0.275 e. The summed E-state index contributed by atoms with van der Waals surface area (Å²) in [5, 5.41) is 12.5. The molecule has 32 heavy (non-hydrogen) atoms. The molecule has 1 fully saturated rings. The number of carbonyl (C=O) groups excluding carboxylic acids is 1. The van der Waals surface area contributed by atoms with Crippen molar-refractivity contribution < 1.29 is 4.79 Å². The van der Waals surface area contributed by atoms with Crippen LogP contribution in [-0.4, -0.2) is 64.2 Å². The molecule has 2 aromatic rings. The minimum Gasteiger partial charge on any atom is -0.317 e. The zero-order valence-electron chi connectivity index (χ0n) is 19.1. The molecular weight excluding hydrogens is 440 g/mol. The fourth-order valence-electron chi connectivity index (χ4n) is 4.37. The van der Waals surface area contributed by atoms with Gasteiger partial charge in [-0.25, -0.2) is 15.0 Å². The third-order valence-corrected chi connectivity index (χ3v) is 7.76. The predicted octanol–water partition coefficient (Wildman–Crippen LogP) is 4.70. The van der Waals surface area contributed by atoms with Crippen LogP contribution in [-0.2, 0) is 0 Å². The summed E-state index contributed by atoms with van der Waals surface area (Å²) in [6, 6.07) is 3.92. The topological polar surface area (TPSA) is 73.7 Å². The predicted molar refractivity (Wildman–Crippen MR) is 135 cm³/mol. The third kappa shape index (κ3) is 5.50. The normalized spacial score (nSPS) is 19.9. The number of carbonyl (C=O) groups is 1. The van der Waals surface area contributed by atoms with Gasteiger partial charge in [0, 0.05) is 29.6 Å². The van der Waals surface area contributed by atoms with Gasteiger partial charge in [0.25, 0.3) is 5.91 Å². The molecule has 0 bridgehead atoms. The maximum atomic E-state index is 13.0. The quantitative estimate of drug-likeness (QED) is 0.562. The first-order valence-electron chi connectivity index (χ1n) is 11.3. The lowest BCUT2D eigenvalue weighted by Crippen LogP contribution is -2.33. The molecule has 1 saturated heterocycles. The number of amides is 1. The number of thiazole rings is 1. The number of rotatable bonds is 8. The standard InChI is InChI=1S/C23H32N6OS2/c1-16-14-17(2)29(27-16)21-19(6-4-9-24-21)25-22(30)20-15-32-23(26-20)18-7-11-28(12-8-18)10-5-13-31-3/h4,6,9,15,17-18H,5,7-8,10-14H2,1-3H3,(H,25,30). The molecule has 1 N–H and O–H groups in total. The zero-order chi connectivity index (χ0) is 22.5. The minimum atomic E-state index is -0.191. The summed E-state index contributed by atoms with van der Waals surface area (Å²) in [6.07, 6.45) is 8.28. The number of pyridine rings is 1. The van der Waals surface area contributed by atoms with E-state index in [-0.39, 0.29) is 11.9 Å². The van der Waals surface area contributed by atoms with Crippen molar-refractivity contribution >= 4 is 46.2 Å². The van der Waals surface area contributed by atoms with E-state index in [0.29, 0.717) is 23.1 Å². The summed E-state index contributed by atoms with van der Waals surface area (Å²) < 4.78 is 0. The van der Waals surface area contributed by atoms with Crippen LogP contribution in [0.4, 0.5) is 11.5 Å². The average molecular weight is 473 g/mol. The molecule has 0 saturated carbocycles. The number of thioether (sulfide) groups is 1. The number of hydrazone groups is 1. The first-order valence-corrected chi connectivity index (χ1v) is 13.6. The second-order valence-electron chi connectivity index (χ2n) is 8.59. The van der Waals surface area contributed by atoms with Crippen molar-refractivity contribution in [2.45, 2.75) is 51.5 Å². The number of likely N-dealkylation sites (tertiary alicyclic amines) is 1. The lowest BCUT2D eigenvalue weighted by Gasteiger charge is -2.30. The highest BCUT2D eigenvalue weighted by Crippen LogP contribution is 2.32. The molecule has 1 amide bonds. The second-order valence-corrected chi connectivity index (χ2v) is 10.5. The number of anilines is 2. The third-order valence-electron chi connectivity index (χ3n) is 6.05. The van der Waals surface area contributed by atoms with E-state index in [1.807, 2.05) is 41.2 Å². The highest BCUT2D eigenvalue weighted by Gasteiger charge is 2.27. The summed E-state index contributed by atoms with van der Waals surface area (Å²) in [6.45, 7) is 7.55. The van der Waals surface area contributed by atoms with Gasteiger partial charge in [-0.05, 0) is 76.9 Å². The number of piperidine rings is 1. The lowest BCUT2D eigenvalue weighted by atomic mass is 9.97. The van der Waals surface area contributed by atoms with Gasteiger partial charge in [0.2, 0.25) is 0 Å². The molecule has 4 rings (SSSR count). The van der Waals surface area contributed by atoms with E-state index < -0.39 is 0 Å². The number of hydrogen-bond acceptors (Lipinski definition) is 8.